The lowest BCUT2D eigenvalue weighted by Gasteiger charge is -2.40. The van der Waals surface area contributed by atoms with Crippen LogP contribution in [0.1, 0.15) is 78.6 Å². The number of aldehydes is 1. The Bertz CT molecular complexity index is 1980. The van der Waals surface area contributed by atoms with E-state index in [9.17, 15) is 24.3 Å². The lowest BCUT2D eigenvalue weighted by Crippen LogP contribution is -2.52. The number of amides is 3. The lowest BCUT2D eigenvalue weighted by molar-refractivity contribution is -0.136. The quantitative estimate of drug-likeness (QED) is 0.176. The maximum Gasteiger partial charge on any atom is 0.255 e. The van der Waals surface area contributed by atoms with Gasteiger partial charge in [-0.05, 0) is 109 Å². The first kappa shape index (κ1) is 36.0. The van der Waals surface area contributed by atoms with E-state index >= 15 is 0 Å². The van der Waals surface area contributed by atoms with Crippen LogP contribution in [0.2, 0.25) is 0 Å². The number of phenols is 1. The molecule has 282 valence electrons. The van der Waals surface area contributed by atoms with Crippen molar-refractivity contribution >= 4 is 35.4 Å². The molecule has 2 atom stereocenters. The number of fused-ring (bicyclic) bond motifs is 2. The zero-order valence-electron chi connectivity index (χ0n) is 31.4. The molecule has 0 unspecified atom stereocenters. The monoisotopic (exact) mass is 729 g/mol. The van der Waals surface area contributed by atoms with E-state index < -0.39 is 11.5 Å². The normalized spacial score (nSPS) is 23.7. The summed E-state index contributed by atoms with van der Waals surface area (Å²) >= 11 is 0. The maximum absolute atomic E-state index is 13.2. The first-order valence-corrected chi connectivity index (χ1v) is 19.7. The fraction of sp³-hybridized carbons (Fsp3) is 0.455. The molecule has 0 radical (unpaired) electrons. The molecular formula is C44H51N5O5. The van der Waals surface area contributed by atoms with Crippen molar-refractivity contribution in [1.82, 2.24) is 15.1 Å². The van der Waals surface area contributed by atoms with Crippen LogP contribution in [0.5, 0.6) is 5.75 Å². The van der Waals surface area contributed by atoms with Gasteiger partial charge in [-0.15, -0.1) is 0 Å². The van der Waals surface area contributed by atoms with Crippen molar-refractivity contribution in [3.05, 3.63) is 100 Å². The number of piperidine rings is 2. The predicted octanol–water partition coefficient (Wildman–Crippen LogP) is 5.21. The van der Waals surface area contributed by atoms with Crippen molar-refractivity contribution in [1.29, 1.82) is 0 Å². The van der Waals surface area contributed by atoms with E-state index in [1.807, 2.05) is 18.2 Å². The van der Waals surface area contributed by atoms with E-state index in [2.05, 4.69) is 70.3 Å². The Kier molecular flexibility index (Phi) is 9.81. The van der Waals surface area contributed by atoms with E-state index in [4.69, 9.17) is 0 Å². The molecule has 0 saturated carbocycles. The highest BCUT2D eigenvalue weighted by Crippen LogP contribution is 2.46. The van der Waals surface area contributed by atoms with E-state index in [1.165, 1.54) is 5.69 Å². The SMILES string of the molecule is CC(C)CC1=CCc2cc(O)ccc2[C@]1(C=O)c1ccc(N2CCC(CN3CCN(c4ccc5c(c4)CN([C@H]4CCC(=O)NC4=O)C5=O)CC3)CC2)cc1. The Hall–Kier alpha value is -4.96. The van der Waals surface area contributed by atoms with Crippen LogP contribution in [0.3, 0.4) is 0 Å². The van der Waals surface area contributed by atoms with Crippen molar-refractivity contribution in [2.75, 3.05) is 55.6 Å². The van der Waals surface area contributed by atoms with Gasteiger partial charge in [-0.3, -0.25) is 24.6 Å². The average molecular weight is 730 g/mol. The molecule has 0 aromatic heterocycles. The third kappa shape index (κ3) is 6.69. The van der Waals surface area contributed by atoms with E-state index in [1.54, 1.807) is 17.0 Å². The second-order valence-corrected chi connectivity index (χ2v) is 16.3. The van der Waals surface area contributed by atoms with E-state index in [-0.39, 0.29) is 29.9 Å². The van der Waals surface area contributed by atoms with Crippen molar-refractivity contribution in [3.63, 3.8) is 0 Å². The standard InChI is InChI=1S/C44H51N5O5/c1-29(2)23-34-4-3-31-25-37(51)10-12-39(31)44(34,28-50)33-5-7-35(8-6-33)47-17-15-30(16-18-47)26-46-19-21-48(22-20-46)36-9-11-38-32(24-36)27-49(43(38)54)40-13-14-41(52)45-42(40)53/h4-12,24-25,28-30,40,51H,3,13-23,26-27H2,1-2H3,(H,45,52,53)/t40-,44+/m0/s1. The van der Waals surface area contributed by atoms with Crippen LogP contribution in [-0.4, -0.2) is 90.8 Å². The van der Waals surface area contributed by atoms with Crippen LogP contribution in [0.4, 0.5) is 11.4 Å². The largest absolute Gasteiger partial charge is 0.508 e. The molecule has 2 N–H and O–H groups in total. The average Bonchev–Trinajstić information content (AvgIpc) is 3.50. The summed E-state index contributed by atoms with van der Waals surface area (Å²) in [5, 5.41) is 12.6. The van der Waals surface area contributed by atoms with Gasteiger partial charge >= 0.3 is 0 Å². The summed E-state index contributed by atoms with van der Waals surface area (Å²) < 4.78 is 0. The maximum atomic E-state index is 13.2. The predicted molar refractivity (Wildman–Crippen MR) is 209 cm³/mol. The first-order valence-electron chi connectivity index (χ1n) is 19.7. The second kappa shape index (κ2) is 14.7. The number of allylic oxidation sites excluding steroid dienone is 2. The van der Waals surface area contributed by atoms with Crippen LogP contribution in [0.25, 0.3) is 0 Å². The molecule has 10 heteroatoms. The minimum absolute atomic E-state index is 0.133. The van der Waals surface area contributed by atoms with Gasteiger partial charge in [0.05, 0.1) is 5.41 Å². The number of benzene rings is 3. The third-order valence-electron chi connectivity index (χ3n) is 12.5. The highest BCUT2D eigenvalue weighted by atomic mass is 16.3. The van der Waals surface area contributed by atoms with Crippen LogP contribution in [0.15, 0.2) is 72.3 Å². The summed E-state index contributed by atoms with van der Waals surface area (Å²) in [6.45, 7) is 11.7. The Morgan fingerprint density at radius 3 is 2.28 bits per heavy atom. The Labute approximate surface area is 317 Å². The van der Waals surface area contributed by atoms with Gasteiger partial charge in [0.2, 0.25) is 11.8 Å². The number of hydrogen-bond donors (Lipinski definition) is 2. The number of nitrogens with zero attached hydrogens (tertiary/aromatic N) is 4. The number of phenolic OH excluding ortho intramolecular Hbond substituents is 1. The fourth-order valence-corrected chi connectivity index (χ4v) is 9.55. The molecule has 10 nitrogen and oxygen atoms in total. The molecule has 8 rings (SSSR count). The molecule has 3 amide bonds. The van der Waals surface area contributed by atoms with Crippen molar-refractivity contribution < 1.29 is 24.3 Å². The van der Waals surface area contributed by atoms with Crippen LogP contribution in [-0.2, 0) is 32.8 Å². The van der Waals surface area contributed by atoms with Gasteiger partial charge < -0.3 is 24.6 Å². The molecule has 5 aliphatic rings. The topological polar surface area (TPSA) is 114 Å². The number of aromatic hydroxyl groups is 1. The summed E-state index contributed by atoms with van der Waals surface area (Å²) in [4.78, 5) is 59.5. The van der Waals surface area contributed by atoms with E-state index in [0.717, 1.165) is 111 Å². The molecule has 54 heavy (non-hydrogen) atoms. The summed E-state index contributed by atoms with van der Waals surface area (Å²) in [5.41, 5.74) is 7.16. The van der Waals surface area contributed by atoms with Gasteiger partial charge in [0, 0.05) is 75.7 Å². The first-order chi connectivity index (χ1) is 26.1. The summed E-state index contributed by atoms with van der Waals surface area (Å²) in [6, 6.07) is 19.5. The van der Waals surface area contributed by atoms with Gasteiger partial charge in [-0.1, -0.05) is 43.7 Å². The van der Waals surface area contributed by atoms with Gasteiger partial charge in [0.25, 0.3) is 5.91 Å². The van der Waals surface area contributed by atoms with Crippen LogP contribution < -0.4 is 15.1 Å². The Morgan fingerprint density at radius 2 is 1.57 bits per heavy atom. The van der Waals surface area contributed by atoms with Crippen molar-refractivity contribution in [3.8, 4) is 5.75 Å². The molecule has 3 aromatic rings. The highest BCUT2D eigenvalue weighted by molar-refractivity contribution is 6.05. The molecule has 3 fully saturated rings. The van der Waals surface area contributed by atoms with Gasteiger partial charge in [0.1, 0.15) is 18.1 Å². The lowest BCUT2D eigenvalue weighted by atomic mass is 9.64. The molecule has 3 aromatic carbocycles. The number of hydrogen-bond acceptors (Lipinski definition) is 8. The number of carbonyl (C=O) groups is 4. The number of carbonyl (C=O) groups excluding carboxylic acids is 4. The molecule has 1 aliphatic carbocycles. The summed E-state index contributed by atoms with van der Waals surface area (Å²) in [5.74, 6) is 0.504. The van der Waals surface area contributed by atoms with E-state index in [0.29, 0.717) is 30.4 Å². The number of anilines is 2. The molecular weight excluding hydrogens is 679 g/mol. The number of rotatable bonds is 9. The number of piperazine rings is 1. The van der Waals surface area contributed by atoms with Gasteiger partial charge in [-0.2, -0.15) is 0 Å². The third-order valence-corrected chi connectivity index (χ3v) is 12.5. The molecule has 0 bridgehead atoms. The summed E-state index contributed by atoms with van der Waals surface area (Å²) in [7, 11) is 0. The molecule has 0 spiro atoms. The molecule has 4 aliphatic heterocycles. The summed E-state index contributed by atoms with van der Waals surface area (Å²) in [6.07, 6.45) is 7.78. The fourth-order valence-electron chi connectivity index (χ4n) is 9.55. The Balaban J connectivity index is 0.850. The number of imide groups is 1. The minimum atomic E-state index is -0.848. The molecule has 4 heterocycles. The smallest absolute Gasteiger partial charge is 0.255 e. The van der Waals surface area contributed by atoms with Crippen LogP contribution in [0, 0.1) is 11.8 Å². The van der Waals surface area contributed by atoms with Crippen LogP contribution >= 0.6 is 0 Å². The zero-order valence-corrected chi connectivity index (χ0v) is 31.4. The van der Waals surface area contributed by atoms with Crippen molar-refractivity contribution in [2.24, 2.45) is 11.8 Å². The highest BCUT2D eigenvalue weighted by Gasteiger charge is 2.42. The van der Waals surface area contributed by atoms with Gasteiger partial charge in [-0.25, -0.2) is 0 Å². The van der Waals surface area contributed by atoms with Gasteiger partial charge in [0.15, 0.2) is 0 Å². The molecule has 3 saturated heterocycles. The Morgan fingerprint density at radius 1 is 0.852 bits per heavy atom. The zero-order chi connectivity index (χ0) is 37.6. The second-order valence-electron chi connectivity index (χ2n) is 16.3. The number of nitrogens with one attached hydrogen (secondary N) is 1. The van der Waals surface area contributed by atoms with Crippen molar-refractivity contribution in [2.45, 2.75) is 70.4 Å². The minimum Gasteiger partial charge on any atom is -0.508 e.